The largest absolute Gasteiger partial charge is 0.393 e. The summed E-state index contributed by atoms with van der Waals surface area (Å²) in [5.41, 5.74) is 2.16. The average Bonchev–Trinajstić information content (AvgIpc) is 2.35. The van der Waals surface area contributed by atoms with Crippen LogP contribution in [-0.4, -0.2) is 23.8 Å². The molecule has 2 atom stereocenters. The van der Waals surface area contributed by atoms with Crippen molar-refractivity contribution in [3.63, 3.8) is 0 Å². The lowest BCUT2D eigenvalue weighted by atomic mass is 9.87. The van der Waals surface area contributed by atoms with Gasteiger partial charge in [0.1, 0.15) is 0 Å². The lowest BCUT2D eigenvalue weighted by Gasteiger charge is -2.27. The van der Waals surface area contributed by atoms with Crippen molar-refractivity contribution in [3.8, 4) is 0 Å². The van der Waals surface area contributed by atoms with Crippen LogP contribution >= 0.6 is 0 Å². The van der Waals surface area contributed by atoms with E-state index in [1.54, 1.807) is 6.92 Å². The predicted octanol–water partition coefficient (Wildman–Crippen LogP) is 3.15. The standard InChI is InChI=1S/C17H28N2O2/c1-12-8-6-7-9-15(12)14(3)19-16(21)18-11-17(4,5)10-13(2)20/h6-9,13-14,20H,10-11H2,1-5H3,(H2,18,19,21)/t13-,14+/m1/s1. The number of carbonyl (C=O) groups excluding carboxylic acids is 1. The van der Waals surface area contributed by atoms with E-state index in [2.05, 4.69) is 10.6 Å². The second kappa shape index (κ2) is 7.46. The van der Waals surface area contributed by atoms with Crippen molar-refractivity contribution in [2.45, 2.75) is 53.2 Å². The summed E-state index contributed by atoms with van der Waals surface area (Å²) >= 11 is 0. The highest BCUT2D eigenvalue weighted by molar-refractivity contribution is 5.74. The van der Waals surface area contributed by atoms with Crippen molar-refractivity contribution >= 4 is 6.03 Å². The lowest BCUT2D eigenvalue weighted by molar-refractivity contribution is 0.128. The smallest absolute Gasteiger partial charge is 0.315 e. The molecular weight excluding hydrogens is 264 g/mol. The molecular formula is C17H28N2O2. The summed E-state index contributed by atoms with van der Waals surface area (Å²) in [5, 5.41) is 15.3. The van der Waals surface area contributed by atoms with E-state index < -0.39 is 0 Å². The van der Waals surface area contributed by atoms with E-state index in [0.717, 1.165) is 5.56 Å². The van der Waals surface area contributed by atoms with Crippen LogP contribution in [0.4, 0.5) is 4.79 Å². The molecule has 0 bridgehead atoms. The highest BCUT2D eigenvalue weighted by Gasteiger charge is 2.21. The molecule has 0 heterocycles. The van der Waals surface area contributed by atoms with Gasteiger partial charge in [0.15, 0.2) is 0 Å². The van der Waals surface area contributed by atoms with Gasteiger partial charge in [0.25, 0.3) is 0 Å². The van der Waals surface area contributed by atoms with Gasteiger partial charge in [-0.2, -0.15) is 0 Å². The summed E-state index contributed by atoms with van der Waals surface area (Å²) in [6, 6.07) is 7.82. The van der Waals surface area contributed by atoms with Crippen LogP contribution in [0.15, 0.2) is 24.3 Å². The quantitative estimate of drug-likeness (QED) is 0.754. The van der Waals surface area contributed by atoms with Gasteiger partial charge in [-0.05, 0) is 43.7 Å². The number of hydrogen-bond acceptors (Lipinski definition) is 2. The highest BCUT2D eigenvalue weighted by atomic mass is 16.3. The zero-order valence-corrected chi connectivity index (χ0v) is 13.7. The van der Waals surface area contributed by atoms with Gasteiger partial charge in [-0.25, -0.2) is 4.79 Å². The number of nitrogens with one attached hydrogen (secondary N) is 2. The van der Waals surface area contributed by atoms with Crippen molar-refractivity contribution in [2.75, 3.05) is 6.54 Å². The number of amides is 2. The van der Waals surface area contributed by atoms with E-state index in [0.29, 0.717) is 13.0 Å². The summed E-state index contributed by atoms with van der Waals surface area (Å²) in [6.07, 6.45) is 0.288. The minimum atomic E-state index is -0.365. The predicted molar refractivity (Wildman–Crippen MR) is 86.2 cm³/mol. The topological polar surface area (TPSA) is 61.4 Å². The third-order valence-corrected chi connectivity index (χ3v) is 3.58. The SMILES string of the molecule is Cc1ccccc1[C@H](C)NC(=O)NCC(C)(C)C[C@@H](C)O. The molecule has 0 unspecified atom stereocenters. The number of benzene rings is 1. The van der Waals surface area contributed by atoms with Crippen LogP contribution in [-0.2, 0) is 0 Å². The van der Waals surface area contributed by atoms with Gasteiger partial charge in [0.2, 0.25) is 0 Å². The fourth-order valence-electron chi connectivity index (χ4n) is 2.59. The Kier molecular flexibility index (Phi) is 6.21. The lowest BCUT2D eigenvalue weighted by Crippen LogP contribution is -2.42. The minimum absolute atomic E-state index is 0.0360. The Morgan fingerprint density at radius 1 is 1.29 bits per heavy atom. The minimum Gasteiger partial charge on any atom is -0.393 e. The van der Waals surface area contributed by atoms with Gasteiger partial charge in [0.05, 0.1) is 12.1 Å². The first kappa shape index (κ1) is 17.5. The fraction of sp³-hybridized carbons (Fsp3) is 0.588. The van der Waals surface area contributed by atoms with E-state index in [4.69, 9.17) is 0 Å². The molecule has 0 aliphatic carbocycles. The number of rotatable bonds is 6. The molecule has 1 aromatic rings. The zero-order valence-electron chi connectivity index (χ0n) is 13.7. The number of aliphatic hydroxyl groups is 1. The van der Waals surface area contributed by atoms with Gasteiger partial charge >= 0.3 is 6.03 Å². The van der Waals surface area contributed by atoms with E-state index in [-0.39, 0.29) is 23.6 Å². The summed E-state index contributed by atoms with van der Waals surface area (Å²) < 4.78 is 0. The van der Waals surface area contributed by atoms with E-state index >= 15 is 0 Å². The number of aliphatic hydroxyl groups excluding tert-OH is 1. The Balaban J connectivity index is 2.49. The first-order chi connectivity index (χ1) is 9.71. The van der Waals surface area contributed by atoms with Crippen molar-refractivity contribution in [3.05, 3.63) is 35.4 Å². The van der Waals surface area contributed by atoms with Crippen molar-refractivity contribution in [1.82, 2.24) is 10.6 Å². The van der Waals surface area contributed by atoms with Gasteiger partial charge < -0.3 is 15.7 Å². The number of urea groups is 1. The molecule has 4 nitrogen and oxygen atoms in total. The third-order valence-electron chi connectivity index (χ3n) is 3.58. The van der Waals surface area contributed by atoms with Crippen molar-refractivity contribution in [2.24, 2.45) is 5.41 Å². The monoisotopic (exact) mass is 292 g/mol. The van der Waals surface area contributed by atoms with Crippen molar-refractivity contribution < 1.29 is 9.90 Å². The summed E-state index contributed by atoms with van der Waals surface area (Å²) in [6.45, 7) is 10.4. The molecule has 0 aliphatic heterocycles. The van der Waals surface area contributed by atoms with Crippen LogP contribution in [0.1, 0.15) is 51.3 Å². The Morgan fingerprint density at radius 2 is 1.90 bits per heavy atom. The second-order valence-corrected chi connectivity index (χ2v) is 6.62. The van der Waals surface area contributed by atoms with E-state index in [1.165, 1.54) is 5.56 Å². The van der Waals surface area contributed by atoms with E-state index in [9.17, 15) is 9.90 Å². The maximum atomic E-state index is 12.0. The Labute approximate surface area is 128 Å². The Morgan fingerprint density at radius 3 is 2.48 bits per heavy atom. The Bertz CT molecular complexity index is 470. The molecule has 0 aromatic heterocycles. The maximum Gasteiger partial charge on any atom is 0.315 e. The number of carbonyl (C=O) groups is 1. The summed E-state index contributed by atoms with van der Waals surface area (Å²) in [7, 11) is 0. The van der Waals surface area contributed by atoms with Crippen LogP contribution < -0.4 is 10.6 Å². The second-order valence-electron chi connectivity index (χ2n) is 6.62. The zero-order chi connectivity index (χ0) is 16.0. The van der Waals surface area contributed by atoms with Gasteiger partial charge in [-0.1, -0.05) is 38.1 Å². The van der Waals surface area contributed by atoms with Crippen LogP contribution in [0.25, 0.3) is 0 Å². The molecule has 2 amide bonds. The molecule has 4 heteroatoms. The molecule has 118 valence electrons. The normalized spacial score (nSPS) is 14.4. The summed E-state index contributed by atoms with van der Waals surface area (Å²) in [5.74, 6) is 0. The summed E-state index contributed by atoms with van der Waals surface area (Å²) in [4.78, 5) is 12.0. The van der Waals surface area contributed by atoms with Crippen LogP contribution in [0.2, 0.25) is 0 Å². The number of hydrogen-bond donors (Lipinski definition) is 3. The first-order valence-corrected chi connectivity index (χ1v) is 7.49. The molecule has 1 aromatic carbocycles. The van der Waals surface area contributed by atoms with Crippen LogP contribution in [0.5, 0.6) is 0 Å². The van der Waals surface area contributed by atoms with Crippen LogP contribution in [0.3, 0.4) is 0 Å². The highest BCUT2D eigenvalue weighted by Crippen LogP contribution is 2.21. The molecule has 21 heavy (non-hydrogen) atoms. The Hall–Kier alpha value is -1.55. The molecule has 3 N–H and O–H groups in total. The molecule has 0 aliphatic rings. The van der Waals surface area contributed by atoms with Gasteiger partial charge in [0, 0.05) is 6.54 Å². The van der Waals surface area contributed by atoms with E-state index in [1.807, 2.05) is 52.0 Å². The molecule has 1 rings (SSSR count). The van der Waals surface area contributed by atoms with Crippen LogP contribution in [0, 0.1) is 12.3 Å². The average molecular weight is 292 g/mol. The third kappa shape index (κ3) is 6.17. The number of aryl methyl sites for hydroxylation is 1. The fourth-order valence-corrected chi connectivity index (χ4v) is 2.59. The molecule has 0 saturated heterocycles. The first-order valence-electron chi connectivity index (χ1n) is 7.49. The van der Waals surface area contributed by atoms with Gasteiger partial charge in [-0.3, -0.25) is 0 Å². The molecule has 0 saturated carbocycles. The molecule has 0 radical (unpaired) electrons. The maximum absolute atomic E-state index is 12.0. The van der Waals surface area contributed by atoms with Gasteiger partial charge in [-0.15, -0.1) is 0 Å². The van der Waals surface area contributed by atoms with Crippen molar-refractivity contribution in [1.29, 1.82) is 0 Å². The molecule has 0 fully saturated rings. The molecule has 0 spiro atoms.